The van der Waals surface area contributed by atoms with Crippen LogP contribution >= 0.6 is 0 Å². The number of hydrogen-bond acceptors (Lipinski definition) is 3. The summed E-state index contributed by atoms with van der Waals surface area (Å²) in [5, 5.41) is 10.3. The highest BCUT2D eigenvalue weighted by Crippen LogP contribution is 2.21. The van der Waals surface area contributed by atoms with Gasteiger partial charge in [0.2, 0.25) is 0 Å². The van der Waals surface area contributed by atoms with Crippen LogP contribution in [0.25, 0.3) is 0 Å². The molecule has 0 aliphatic heterocycles. The summed E-state index contributed by atoms with van der Waals surface area (Å²) in [6, 6.07) is 4.86. The van der Waals surface area contributed by atoms with Crippen LogP contribution in [0.3, 0.4) is 0 Å². The number of benzene rings is 1. The molecule has 0 bridgehead atoms. The molecule has 1 rings (SSSR count). The number of nitro groups is 1. The van der Waals surface area contributed by atoms with Gasteiger partial charge in [-0.05, 0) is 12.1 Å². The van der Waals surface area contributed by atoms with E-state index in [4.69, 9.17) is 4.74 Å². The average Bonchev–Trinajstić information content (AvgIpc) is 2.16. The molecule has 0 fully saturated rings. The normalized spacial score (nSPS) is 11.2. The van der Waals surface area contributed by atoms with Crippen molar-refractivity contribution in [2.24, 2.45) is 0 Å². The second-order valence-corrected chi connectivity index (χ2v) is 2.96. The molecule has 4 nitrogen and oxygen atoms in total. The van der Waals surface area contributed by atoms with Crippen LogP contribution in [0, 0.1) is 10.1 Å². The minimum Gasteiger partial charge on any atom is -0.493 e. The summed E-state index contributed by atoms with van der Waals surface area (Å²) >= 11 is 0. The van der Waals surface area contributed by atoms with Crippen LogP contribution in [-0.4, -0.2) is 17.7 Å². The number of ether oxygens (including phenoxy) is 1. The highest BCUT2D eigenvalue weighted by Gasteiger charge is 2.26. The lowest BCUT2D eigenvalue weighted by atomic mass is 10.3. The molecule has 0 aliphatic rings. The van der Waals surface area contributed by atoms with E-state index in [2.05, 4.69) is 0 Å². The Balaban J connectivity index is 2.47. The first-order chi connectivity index (χ1) is 7.38. The largest absolute Gasteiger partial charge is 0.493 e. The molecule has 0 N–H and O–H groups in total. The fraction of sp³-hybridized carbons (Fsp3) is 0.333. The lowest BCUT2D eigenvalue weighted by Gasteiger charge is -2.07. The second-order valence-electron chi connectivity index (χ2n) is 2.96. The molecule has 0 heterocycles. The van der Waals surface area contributed by atoms with Crippen molar-refractivity contribution in [1.29, 1.82) is 0 Å². The SMILES string of the molecule is O=[N+]([O-])c1ccc(OCCC(F)(F)F)cc1. The van der Waals surface area contributed by atoms with Crippen molar-refractivity contribution in [3.8, 4) is 5.75 Å². The number of nitrogens with zero attached hydrogens (tertiary/aromatic N) is 1. The van der Waals surface area contributed by atoms with E-state index in [-0.39, 0.29) is 11.4 Å². The topological polar surface area (TPSA) is 52.4 Å². The van der Waals surface area contributed by atoms with Crippen LogP contribution < -0.4 is 4.74 Å². The van der Waals surface area contributed by atoms with Gasteiger partial charge in [-0.2, -0.15) is 13.2 Å². The van der Waals surface area contributed by atoms with Gasteiger partial charge in [-0.3, -0.25) is 10.1 Å². The zero-order chi connectivity index (χ0) is 12.2. The van der Waals surface area contributed by atoms with Gasteiger partial charge in [-0.1, -0.05) is 0 Å². The van der Waals surface area contributed by atoms with Crippen LogP contribution in [0.5, 0.6) is 5.75 Å². The Hall–Kier alpha value is -1.79. The number of halogens is 3. The molecule has 16 heavy (non-hydrogen) atoms. The maximum absolute atomic E-state index is 11.8. The quantitative estimate of drug-likeness (QED) is 0.595. The Morgan fingerprint density at radius 3 is 2.25 bits per heavy atom. The van der Waals surface area contributed by atoms with E-state index in [0.717, 1.165) is 0 Å². The molecule has 0 aliphatic carbocycles. The number of alkyl halides is 3. The highest BCUT2D eigenvalue weighted by atomic mass is 19.4. The smallest absolute Gasteiger partial charge is 0.392 e. The average molecular weight is 235 g/mol. The summed E-state index contributed by atoms with van der Waals surface area (Å²) in [5.41, 5.74) is -0.136. The molecule has 0 saturated heterocycles. The monoisotopic (exact) mass is 235 g/mol. The van der Waals surface area contributed by atoms with E-state index in [1.807, 2.05) is 0 Å². The first-order valence-corrected chi connectivity index (χ1v) is 4.32. The third kappa shape index (κ3) is 4.16. The van der Waals surface area contributed by atoms with Crippen LogP contribution in [-0.2, 0) is 0 Å². The summed E-state index contributed by atoms with van der Waals surface area (Å²) in [6.07, 6.45) is -5.31. The van der Waals surface area contributed by atoms with Crippen LogP contribution in [0.1, 0.15) is 6.42 Å². The summed E-state index contributed by atoms with van der Waals surface area (Å²) in [6.45, 7) is -0.499. The van der Waals surface area contributed by atoms with Crippen molar-refractivity contribution in [3.05, 3.63) is 34.4 Å². The summed E-state index contributed by atoms with van der Waals surface area (Å²) < 4.78 is 40.1. The number of hydrogen-bond donors (Lipinski definition) is 0. The minimum absolute atomic E-state index is 0.136. The molecule has 1 aromatic carbocycles. The first kappa shape index (κ1) is 12.3. The Kier molecular flexibility index (Phi) is 3.70. The summed E-state index contributed by atoms with van der Waals surface area (Å²) in [5.74, 6) is 0.176. The third-order valence-electron chi connectivity index (χ3n) is 1.70. The zero-order valence-corrected chi connectivity index (χ0v) is 8.03. The Morgan fingerprint density at radius 2 is 1.81 bits per heavy atom. The van der Waals surface area contributed by atoms with E-state index >= 15 is 0 Å². The standard InChI is InChI=1S/C9H8F3NO3/c10-9(11,12)5-6-16-8-3-1-7(2-4-8)13(14)15/h1-4H,5-6H2. The molecular weight excluding hydrogens is 227 g/mol. The van der Waals surface area contributed by atoms with E-state index < -0.39 is 24.1 Å². The number of nitro benzene ring substituents is 1. The van der Waals surface area contributed by atoms with Gasteiger partial charge < -0.3 is 4.74 Å². The maximum Gasteiger partial charge on any atom is 0.392 e. The van der Waals surface area contributed by atoms with Crippen molar-refractivity contribution in [3.63, 3.8) is 0 Å². The van der Waals surface area contributed by atoms with Crippen molar-refractivity contribution in [1.82, 2.24) is 0 Å². The van der Waals surface area contributed by atoms with Gasteiger partial charge in [0.15, 0.2) is 0 Å². The zero-order valence-electron chi connectivity index (χ0n) is 8.03. The van der Waals surface area contributed by atoms with E-state index in [1.54, 1.807) is 0 Å². The molecule has 1 aromatic rings. The minimum atomic E-state index is -4.26. The predicted octanol–water partition coefficient (Wildman–Crippen LogP) is 2.93. The van der Waals surface area contributed by atoms with Gasteiger partial charge in [-0.15, -0.1) is 0 Å². The van der Waals surface area contributed by atoms with Gasteiger partial charge in [0.25, 0.3) is 5.69 Å². The molecule has 0 saturated carbocycles. The molecule has 0 aromatic heterocycles. The van der Waals surface area contributed by atoms with E-state index in [0.29, 0.717) is 0 Å². The van der Waals surface area contributed by atoms with Crippen LogP contribution in [0.15, 0.2) is 24.3 Å². The molecule has 0 radical (unpaired) electrons. The van der Waals surface area contributed by atoms with Gasteiger partial charge in [0.05, 0.1) is 18.0 Å². The van der Waals surface area contributed by atoms with Gasteiger partial charge in [0, 0.05) is 12.1 Å². The molecule has 0 spiro atoms. The first-order valence-electron chi connectivity index (χ1n) is 4.32. The number of rotatable bonds is 4. The molecular formula is C9H8F3NO3. The maximum atomic E-state index is 11.8. The van der Waals surface area contributed by atoms with Gasteiger partial charge in [-0.25, -0.2) is 0 Å². The van der Waals surface area contributed by atoms with Crippen molar-refractivity contribution in [2.45, 2.75) is 12.6 Å². The molecule has 0 unspecified atom stereocenters. The lowest BCUT2D eigenvalue weighted by Crippen LogP contribution is -2.12. The molecule has 7 heteroatoms. The van der Waals surface area contributed by atoms with E-state index in [9.17, 15) is 23.3 Å². The lowest BCUT2D eigenvalue weighted by molar-refractivity contribution is -0.384. The van der Waals surface area contributed by atoms with Gasteiger partial charge >= 0.3 is 6.18 Å². The Bertz CT molecular complexity index is 361. The van der Waals surface area contributed by atoms with Crippen LogP contribution in [0.2, 0.25) is 0 Å². The molecule has 0 atom stereocenters. The van der Waals surface area contributed by atoms with Crippen molar-refractivity contribution >= 4 is 5.69 Å². The Labute approximate surface area is 88.8 Å². The fourth-order valence-corrected chi connectivity index (χ4v) is 0.949. The Morgan fingerprint density at radius 1 is 1.25 bits per heavy atom. The second kappa shape index (κ2) is 4.82. The summed E-state index contributed by atoms with van der Waals surface area (Å²) in [7, 11) is 0. The number of non-ortho nitro benzene ring substituents is 1. The van der Waals surface area contributed by atoms with E-state index in [1.165, 1.54) is 24.3 Å². The molecule has 0 amide bonds. The third-order valence-corrected chi connectivity index (χ3v) is 1.70. The predicted molar refractivity (Wildman–Crippen MR) is 49.3 cm³/mol. The van der Waals surface area contributed by atoms with Crippen molar-refractivity contribution in [2.75, 3.05) is 6.61 Å². The molecule has 88 valence electrons. The van der Waals surface area contributed by atoms with Crippen LogP contribution in [0.4, 0.5) is 18.9 Å². The highest BCUT2D eigenvalue weighted by molar-refractivity contribution is 5.35. The van der Waals surface area contributed by atoms with Crippen molar-refractivity contribution < 1.29 is 22.8 Å². The summed E-state index contributed by atoms with van der Waals surface area (Å²) in [4.78, 5) is 9.68. The van der Waals surface area contributed by atoms with Gasteiger partial charge in [0.1, 0.15) is 5.75 Å². The fourth-order valence-electron chi connectivity index (χ4n) is 0.949.